The van der Waals surface area contributed by atoms with Gasteiger partial charge in [-0.2, -0.15) is 0 Å². The second-order valence-corrected chi connectivity index (χ2v) is 9.18. The summed E-state index contributed by atoms with van der Waals surface area (Å²) in [6.45, 7) is 2.11. The number of esters is 1. The van der Waals surface area contributed by atoms with Crippen molar-refractivity contribution >= 4 is 17.6 Å². The lowest BCUT2D eigenvalue weighted by Gasteiger charge is -2.36. The highest BCUT2D eigenvalue weighted by Gasteiger charge is 2.51. The van der Waals surface area contributed by atoms with E-state index in [1.165, 1.54) is 0 Å². The summed E-state index contributed by atoms with van der Waals surface area (Å²) in [5, 5.41) is 0.632. The van der Waals surface area contributed by atoms with Gasteiger partial charge in [-0.1, -0.05) is 115 Å². The van der Waals surface area contributed by atoms with Crippen LogP contribution in [0.5, 0.6) is 0 Å². The molecule has 1 saturated heterocycles. The van der Waals surface area contributed by atoms with E-state index in [1.807, 2.05) is 97.9 Å². The van der Waals surface area contributed by atoms with E-state index in [4.69, 9.17) is 21.1 Å². The molecule has 4 nitrogen and oxygen atoms in total. The molecule has 0 bridgehead atoms. The molecule has 1 aliphatic heterocycles. The summed E-state index contributed by atoms with van der Waals surface area (Å²) in [4.78, 5) is 15.8. The Hall–Kier alpha value is -3.44. The summed E-state index contributed by atoms with van der Waals surface area (Å²) in [5.74, 6) is -0.312. The molecule has 0 aromatic heterocycles. The van der Waals surface area contributed by atoms with E-state index in [0.717, 1.165) is 22.3 Å². The minimum absolute atomic E-state index is 0.246. The second kappa shape index (κ2) is 11.1. The largest absolute Gasteiger partial charge is 0.465 e. The molecule has 4 aromatic carbocycles. The van der Waals surface area contributed by atoms with Crippen LogP contribution in [0.2, 0.25) is 5.02 Å². The first-order valence-corrected chi connectivity index (χ1v) is 12.5. The standard InChI is InChI=1S/C31H28ClNO3/c1-2-35-31(34)28-29(24-18-20-26(32)21-19-24)36-30(25-16-10-5-11-17-25)33(28)27(22-12-6-3-7-13-22)23-14-8-4-9-15-23/h3-21,27-30H,2H2,1H3. The minimum Gasteiger partial charge on any atom is -0.465 e. The highest BCUT2D eigenvalue weighted by molar-refractivity contribution is 6.30. The lowest BCUT2D eigenvalue weighted by atomic mass is 9.93. The number of ether oxygens (including phenoxy) is 2. The second-order valence-electron chi connectivity index (χ2n) is 8.74. The number of hydrogen-bond donors (Lipinski definition) is 0. The first-order valence-electron chi connectivity index (χ1n) is 12.2. The number of benzene rings is 4. The van der Waals surface area contributed by atoms with Crippen LogP contribution in [0.15, 0.2) is 115 Å². The zero-order chi connectivity index (χ0) is 24.9. The topological polar surface area (TPSA) is 38.8 Å². The Morgan fingerprint density at radius 2 is 1.33 bits per heavy atom. The summed E-state index contributed by atoms with van der Waals surface area (Å²) in [5.41, 5.74) is 3.99. The van der Waals surface area contributed by atoms with Gasteiger partial charge in [0.2, 0.25) is 0 Å². The molecule has 0 saturated carbocycles. The van der Waals surface area contributed by atoms with E-state index in [-0.39, 0.29) is 18.6 Å². The van der Waals surface area contributed by atoms with Gasteiger partial charge in [-0.25, -0.2) is 4.90 Å². The first-order chi connectivity index (χ1) is 17.7. The zero-order valence-electron chi connectivity index (χ0n) is 20.0. The summed E-state index contributed by atoms with van der Waals surface area (Å²) in [6, 6.07) is 37.1. The Morgan fingerprint density at radius 3 is 1.86 bits per heavy atom. The van der Waals surface area contributed by atoms with Gasteiger partial charge in [0, 0.05) is 5.02 Å². The predicted octanol–water partition coefficient (Wildman–Crippen LogP) is 7.13. The number of halogens is 1. The van der Waals surface area contributed by atoms with Crippen molar-refractivity contribution in [1.29, 1.82) is 0 Å². The van der Waals surface area contributed by atoms with Crippen molar-refractivity contribution in [2.75, 3.05) is 6.61 Å². The molecule has 3 atom stereocenters. The first kappa shape index (κ1) is 24.3. The molecule has 5 rings (SSSR count). The maximum Gasteiger partial charge on any atom is 0.326 e. The molecule has 0 aliphatic carbocycles. The Kier molecular flexibility index (Phi) is 7.47. The van der Waals surface area contributed by atoms with Crippen LogP contribution in [0.4, 0.5) is 0 Å². The molecule has 36 heavy (non-hydrogen) atoms. The smallest absolute Gasteiger partial charge is 0.326 e. The Bertz CT molecular complexity index is 1230. The van der Waals surface area contributed by atoms with Gasteiger partial charge in [0.05, 0.1) is 12.6 Å². The molecule has 0 amide bonds. The lowest BCUT2D eigenvalue weighted by Crippen LogP contribution is -2.43. The van der Waals surface area contributed by atoms with E-state index in [9.17, 15) is 4.79 Å². The fraction of sp³-hybridized carbons (Fsp3) is 0.194. The van der Waals surface area contributed by atoms with Crippen molar-refractivity contribution < 1.29 is 14.3 Å². The van der Waals surface area contributed by atoms with E-state index in [2.05, 4.69) is 29.2 Å². The number of carbonyl (C=O) groups excluding carboxylic acids is 1. The normalized spacial score (nSPS) is 19.9. The van der Waals surface area contributed by atoms with Gasteiger partial charge >= 0.3 is 5.97 Å². The summed E-state index contributed by atoms with van der Waals surface area (Å²) < 4.78 is 12.4. The average molecular weight is 498 g/mol. The molecule has 0 spiro atoms. The molecule has 3 unspecified atom stereocenters. The van der Waals surface area contributed by atoms with Crippen LogP contribution < -0.4 is 0 Å². The van der Waals surface area contributed by atoms with Crippen molar-refractivity contribution in [2.45, 2.75) is 31.3 Å². The van der Waals surface area contributed by atoms with E-state index < -0.39 is 18.4 Å². The van der Waals surface area contributed by atoms with Crippen LogP contribution in [-0.4, -0.2) is 23.5 Å². The van der Waals surface area contributed by atoms with Crippen molar-refractivity contribution in [3.05, 3.63) is 143 Å². The molecular formula is C31H28ClNO3. The SMILES string of the molecule is CCOC(=O)C1C(c2ccc(Cl)cc2)OC(c2ccccc2)N1C(c1ccccc1)c1ccccc1. The van der Waals surface area contributed by atoms with Crippen molar-refractivity contribution in [1.82, 2.24) is 4.90 Å². The average Bonchev–Trinajstić information content (AvgIpc) is 3.31. The van der Waals surface area contributed by atoms with Crippen LogP contribution in [0, 0.1) is 0 Å². The molecule has 1 heterocycles. The Labute approximate surface area is 217 Å². The zero-order valence-corrected chi connectivity index (χ0v) is 20.8. The van der Waals surface area contributed by atoms with Crippen molar-refractivity contribution in [3.8, 4) is 0 Å². The molecule has 0 radical (unpaired) electrons. The molecule has 5 heteroatoms. The maximum atomic E-state index is 13.7. The summed E-state index contributed by atoms with van der Waals surface area (Å²) in [7, 11) is 0. The van der Waals surface area contributed by atoms with Gasteiger partial charge in [0.15, 0.2) is 0 Å². The third-order valence-electron chi connectivity index (χ3n) is 6.49. The molecule has 4 aromatic rings. The monoisotopic (exact) mass is 497 g/mol. The van der Waals surface area contributed by atoms with Gasteiger partial charge < -0.3 is 9.47 Å². The van der Waals surface area contributed by atoms with Gasteiger partial charge in [-0.05, 0) is 41.3 Å². The van der Waals surface area contributed by atoms with Crippen LogP contribution in [-0.2, 0) is 14.3 Å². The van der Waals surface area contributed by atoms with Crippen LogP contribution in [0.25, 0.3) is 0 Å². The van der Waals surface area contributed by atoms with Crippen LogP contribution in [0.1, 0.15) is 47.6 Å². The van der Waals surface area contributed by atoms with Crippen LogP contribution in [0.3, 0.4) is 0 Å². The number of hydrogen-bond acceptors (Lipinski definition) is 4. The van der Waals surface area contributed by atoms with Gasteiger partial charge in [0.1, 0.15) is 18.4 Å². The number of rotatable bonds is 7. The fourth-order valence-corrected chi connectivity index (χ4v) is 5.07. The fourth-order valence-electron chi connectivity index (χ4n) is 4.94. The maximum absolute atomic E-state index is 13.7. The quantitative estimate of drug-likeness (QED) is 0.254. The lowest BCUT2D eigenvalue weighted by molar-refractivity contribution is -0.150. The molecule has 182 valence electrons. The van der Waals surface area contributed by atoms with E-state index in [1.54, 1.807) is 0 Å². The minimum atomic E-state index is -0.679. The van der Waals surface area contributed by atoms with Crippen molar-refractivity contribution in [3.63, 3.8) is 0 Å². The van der Waals surface area contributed by atoms with E-state index >= 15 is 0 Å². The molecule has 1 aliphatic rings. The number of nitrogens with zero attached hydrogens (tertiary/aromatic N) is 1. The Balaban J connectivity index is 1.71. The molecule has 1 fully saturated rings. The van der Waals surface area contributed by atoms with Crippen molar-refractivity contribution in [2.24, 2.45) is 0 Å². The number of carbonyl (C=O) groups is 1. The predicted molar refractivity (Wildman–Crippen MR) is 141 cm³/mol. The van der Waals surface area contributed by atoms with Crippen LogP contribution >= 0.6 is 11.6 Å². The molecular weight excluding hydrogens is 470 g/mol. The van der Waals surface area contributed by atoms with E-state index in [0.29, 0.717) is 5.02 Å². The Morgan fingerprint density at radius 1 is 0.806 bits per heavy atom. The highest BCUT2D eigenvalue weighted by atomic mass is 35.5. The summed E-state index contributed by atoms with van der Waals surface area (Å²) in [6.07, 6.45) is -1.02. The third kappa shape index (κ3) is 4.93. The highest BCUT2D eigenvalue weighted by Crippen LogP contribution is 2.49. The van der Waals surface area contributed by atoms with Gasteiger partial charge in [0.25, 0.3) is 0 Å². The molecule has 0 N–H and O–H groups in total. The summed E-state index contributed by atoms with van der Waals surface area (Å²) >= 11 is 6.19. The van der Waals surface area contributed by atoms with Gasteiger partial charge in [-0.3, -0.25) is 4.79 Å². The van der Waals surface area contributed by atoms with Gasteiger partial charge in [-0.15, -0.1) is 0 Å². The third-order valence-corrected chi connectivity index (χ3v) is 6.75.